The first kappa shape index (κ1) is 15.4. The van der Waals surface area contributed by atoms with Crippen LogP contribution in [0.3, 0.4) is 0 Å². The minimum atomic E-state index is 0.252. The van der Waals surface area contributed by atoms with Crippen molar-refractivity contribution >= 4 is 0 Å². The van der Waals surface area contributed by atoms with E-state index in [9.17, 15) is 0 Å². The molecule has 118 valence electrons. The Kier molecular flexibility index (Phi) is 4.78. The lowest BCUT2D eigenvalue weighted by Gasteiger charge is -2.24. The van der Waals surface area contributed by atoms with Gasteiger partial charge in [0.2, 0.25) is 0 Å². The first-order valence-electron chi connectivity index (χ1n) is 7.74. The molecule has 1 unspecified atom stereocenters. The Morgan fingerprint density at radius 2 is 1.87 bits per heavy atom. The predicted molar refractivity (Wildman–Crippen MR) is 89.7 cm³/mol. The number of hydrogen-bond donors (Lipinski definition) is 0. The molecule has 0 bridgehead atoms. The lowest BCUT2D eigenvalue weighted by Crippen LogP contribution is -2.22. The fraction of sp³-hybridized carbons (Fsp3) is 0.278. The minimum Gasteiger partial charge on any atom is -0.294 e. The number of nitrogens with zero attached hydrogens (tertiary/aromatic N) is 5. The molecule has 2 heterocycles. The zero-order valence-electron chi connectivity index (χ0n) is 13.5. The number of rotatable bonds is 6. The van der Waals surface area contributed by atoms with E-state index in [1.54, 1.807) is 18.7 Å². The fourth-order valence-electron chi connectivity index (χ4n) is 2.53. The van der Waals surface area contributed by atoms with Gasteiger partial charge in [0.05, 0.1) is 12.2 Å². The van der Waals surface area contributed by atoms with Gasteiger partial charge in [0, 0.05) is 31.2 Å². The average Bonchev–Trinajstić information content (AvgIpc) is 3.10. The standard InChI is InChI=1S/C18H21N5/c1-15(18-8-10-19-14-20-18)22(2)12-16-4-6-17(7-5-16)13-23-11-3-9-21-23/h3-11,14-15H,12-13H2,1-2H3. The molecule has 0 aliphatic heterocycles. The molecule has 0 saturated heterocycles. The molecule has 3 aromatic rings. The van der Waals surface area contributed by atoms with Gasteiger partial charge in [-0.15, -0.1) is 0 Å². The Morgan fingerprint density at radius 1 is 1.09 bits per heavy atom. The van der Waals surface area contributed by atoms with Crippen LogP contribution < -0.4 is 0 Å². The summed E-state index contributed by atoms with van der Waals surface area (Å²) in [6.45, 7) is 3.85. The Balaban J connectivity index is 1.61. The fourth-order valence-corrected chi connectivity index (χ4v) is 2.53. The quantitative estimate of drug-likeness (QED) is 0.702. The second-order valence-corrected chi connectivity index (χ2v) is 5.75. The van der Waals surface area contributed by atoms with Crippen molar-refractivity contribution in [2.24, 2.45) is 0 Å². The Bertz CT molecular complexity index is 707. The second-order valence-electron chi connectivity index (χ2n) is 5.75. The predicted octanol–water partition coefficient (Wildman–Crippen LogP) is 2.91. The monoisotopic (exact) mass is 307 g/mol. The van der Waals surface area contributed by atoms with Crippen LogP contribution in [-0.4, -0.2) is 31.7 Å². The molecule has 0 radical (unpaired) electrons. The normalized spacial score (nSPS) is 12.5. The van der Waals surface area contributed by atoms with Gasteiger partial charge in [-0.2, -0.15) is 5.10 Å². The topological polar surface area (TPSA) is 46.8 Å². The summed E-state index contributed by atoms with van der Waals surface area (Å²) in [5.74, 6) is 0. The van der Waals surface area contributed by atoms with Gasteiger partial charge in [-0.25, -0.2) is 9.97 Å². The average molecular weight is 307 g/mol. The molecular formula is C18H21N5. The van der Waals surface area contributed by atoms with Crippen LogP contribution in [0.15, 0.2) is 61.3 Å². The van der Waals surface area contributed by atoms with E-state index in [1.165, 1.54) is 11.1 Å². The van der Waals surface area contributed by atoms with Gasteiger partial charge in [-0.05, 0) is 37.2 Å². The van der Waals surface area contributed by atoms with Crippen molar-refractivity contribution in [1.82, 2.24) is 24.6 Å². The molecule has 0 spiro atoms. The molecule has 0 saturated carbocycles. The van der Waals surface area contributed by atoms with E-state index in [0.717, 1.165) is 18.8 Å². The zero-order valence-corrected chi connectivity index (χ0v) is 13.5. The highest BCUT2D eigenvalue weighted by Gasteiger charge is 2.13. The molecule has 0 fully saturated rings. The van der Waals surface area contributed by atoms with Crippen LogP contribution in [0.2, 0.25) is 0 Å². The highest BCUT2D eigenvalue weighted by atomic mass is 15.3. The van der Waals surface area contributed by atoms with Crippen molar-refractivity contribution in [1.29, 1.82) is 0 Å². The van der Waals surface area contributed by atoms with Crippen LogP contribution in [0.4, 0.5) is 0 Å². The molecule has 1 aromatic carbocycles. The SMILES string of the molecule is CC(c1ccncn1)N(C)Cc1ccc(Cn2cccn2)cc1. The van der Waals surface area contributed by atoms with Gasteiger partial charge in [0.25, 0.3) is 0 Å². The largest absolute Gasteiger partial charge is 0.294 e. The summed E-state index contributed by atoms with van der Waals surface area (Å²) in [5.41, 5.74) is 3.58. The molecule has 0 aliphatic rings. The van der Waals surface area contributed by atoms with Crippen molar-refractivity contribution in [2.45, 2.75) is 26.1 Å². The minimum absolute atomic E-state index is 0.252. The van der Waals surface area contributed by atoms with Gasteiger partial charge < -0.3 is 0 Å². The Morgan fingerprint density at radius 3 is 2.52 bits per heavy atom. The van der Waals surface area contributed by atoms with Crippen LogP contribution in [0.5, 0.6) is 0 Å². The first-order valence-corrected chi connectivity index (χ1v) is 7.74. The van der Waals surface area contributed by atoms with Gasteiger partial charge in [0.15, 0.2) is 0 Å². The van der Waals surface area contributed by atoms with E-state index in [1.807, 2.05) is 23.0 Å². The van der Waals surface area contributed by atoms with Crippen molar-refractivity contribution in [3.05, 3.63) is 78.1 Å². The highest BCUT2D eigenvalue weighted by Crippen LogP contribution is 2.18. The van der Waals surface area contributed by atoms with Crippen LogP contribution in [0.1, 0.15) is 29.8 Å². The maximum Gasteiger partial charge on any atom is 0.115 e. The highest BCUT2D eigenvalue weighted by molar-refractivity contribution is 5.23. The number of hydrogen-bond acceptors (Lipinski definition) is 4. The second kappa shape index (κ2) is 7.15. The molecule has 2 aromatic heterocycles. The van der Waals surface area contributed by atoms with Crippen molar-refractivity contribution in [2.75, 3.05) is 7.05 Å². The lowest BCUT2D eigenvalue weighted by atomic mass is 10.1. The third-order valence-electron chi connectivity index (χ3n) is 4.05. The van der Waals surface area contributed by atoms with Gasteiger partial charge in [-0.3, -0.25) is 9.58 Å². The first-order chi connectivity index (χ1) is 11.2. The summed E-state index contributed by atoms with van der Waals surface area (Å²) < 4.78 is 1.93. The van der Waals surface area contributed by atoms with E-state index in [4.69, 9.17) is 0 Å². The van der Waals surface area contributed by atoms with Crippen LogP contribution in [-0.2, 0) is 13.1 Å². The molecular weight excluding hydrogens is 286 g/mol. The van der Waals surface area contributed by atoms with E-state index < -0.39 is 0 Å². The third kappa shape index (κ3) is 4.02. The van der Waals surface area contributed by atoms with Crippen LogP contribution in [0.25, 0.3) is 0 Å². The molecule has 3 rings (SSSR count). The van der Waals surface area contributed by atoms with Crippen molar-refractivity contribution < 1.29 is 0 Å². The Labute approximate surface area is 136 Å². The summed E-state index contributed by atoms with van der Waals surface area (Å²) >= 11 is 0. The lowest BCUT2D eigenvalue weighted by molar-refractivity contribution is 0.248. The molecule has 0 N–H and O–H groups in total. The molecule has 23 heavy (non-hydrogen) atoms. The van der Waals surface area contributed by atoms with E-state index in [2.05, 4.69) is 58.2 Å². The molecule has 0 amide bonds. The number of aromatic nitrogens is 4. The van der Waals surface area contributed by atoms with Crippen LogP contribution in [0, 0.1) is 0 Å². The molecule has 1 atom stereocenters. The molecule has 5 heteroatoms. The maximum atomic E-state index is 4.33. The van der Waals surface area contributed by atoms with Crippen molar-refractivity contribution in [3.63, 3.8) is 0 Å². The van der Waals surface area contributed by atoms with E-state index >= 15 is 0 Å². The molecule has 5 nitrogen and oxygen atoms in total. The summed E-state index contributed by atoms with van der Waals surface area (Å²) in [5, 5.41) is 4.24. The summed E-state index contributed by atoms with van der Waals surface area (Å²) in [4.78, 5) is 10.6. The van der Waals surface area contributed by atoms with E-state index in [-0.39, 0.29) is 6.04 Å². The zero-order chi connectivity index (χ0) is 16.1. The number of benzene rings is 1. The molecule has 0 aliphatic carbocycles. The van der Waals surface area contributed by atoms with Gasteiger partial charge >= 0.3 is 0 Å². The maximum absolute atomic E-state index is 4.33. The van der Waals surface area contributed by atoms with E-state index in [0.29, 0.717) is 0 Å². The summed E-state index contributed by atoms with van der Waals surface area (Å²) in [6.07, 6.45) is 7.17. The smallest absolute Gasteiger partial charge is 0.115 e. The Hall–Kier alpha value is -2.53. The summed E-state index contributed by atoms with van der Waals surface area (Å²) in [6, 6.07) is 12.9. The third-order valence-corrected chi connectivity index (χ3v) is 4.05. The van der Waals surface area contributed by atoms with Crippen LogP contribution >= 0.6 is 0 Å². The van der Waals surface area contributed by atoms with Crippen molar-refractivity contribution in [3.8, 4) is 0 Å². The van der Waals surface area contributed by atoms with Gasteiger partial charge in [-0.1, -0.05) is 24.3 Å². The van der Waals surface area contributed by atoms with Gasteiger partial charge in [0.1, 0.15) is 6.33 Å². The summed E-state index contributed by atoms with van der Waals surface area (Å²) in [7, 11) is 2.12.